The minimum atomic E-state index is 0.124. The van der Waals surface area contributed by atoms with Crippen LogP contribution in [-0.4, -0.2) is 17.2 Å². The molecule has 0 saturated heterocycles. The number of phenolic OH excluding ortho intramolecular Hbond substituents is 1. The van der Waals surface area contributed by atoms with Gasteiger partial charge in [0.1, 0.15) is 0 Å². The Labute approximate surface area is 114 Å². The summed E-state index contributed by atoms with van der Waals surface area (Å²) in [5.41, 5.74) is 2.50. The Bertz CT molecular complexity index is 517. The molecule has 1 aromatic heterocycles. The second-order valence-corrected chi connectivity index (χ2v) is 5.09. The third-order valence-electron chi connectivity index (χ3n) is 2.44. The molecule has 0 atom stereocenters. The number of benzene rings is 1. The third kappa shape index (κ3) is 3.13. The van der Waals surface area contributed by atoms with Crippen molar-refractivity contribution < 1.29 is 9.84 Å². The first-order chi connectivity index (χ1) is 8.70. The van der Waals surface area contributed by atoms with E-state index in [4.69, 9.17) is 16.3 Å². The number of phenols is 1. The summed E-state index contributed by atoms with van der Waals surface area (Å²) < 4.78 is 5.05. The number of rotatable bonds is 5. The van der Waals surface area contributed by atoms with Crippen molar-refractivity contribution in [3.8, 4) is 11.5 Å². The Morgan fingerprint density at radius 1 is 1.44 bits per heavy atom. The van der Waals surface area contributed by atoms with Crippen LogP contribution in [0.25, 0.3) is 0 Å². The molecule has 0 aliphatic carbocycles. The lowest BCUT2D eigenvalue weighted by Gasteiger charge is -2.10. The number of methoxy groups -OCH3 is 1. The zero-order chi connectivity index (χ0) is 13.0. The fourth-order valence-corrected chi connectivity index (χ4v) is 2.36. The summed E-state index contributed by atoms with van der Waals surface area (Å²) in [7, 11) is 1.50. The minimum Gasteiger partial charge on any atom is -0.504 e. The molecule has 0 radical (unpaired) electrons. The van der Waals surface area contributed by atoms with Gasteiger partial charge in [0.25, 0.3) is 0 Å². The van der Waals surface area contributed by atoms with E-state index in [9.17, 15) is 5.11 Å². The van der Waals surface area contributed by atoms with Gasteiger partial charge < -0.3 is 15.2 Å². The first-order valence-corrected chi connectivity index (χ1v) is 6.60. The SMILES string of the molecule is COc1cc(Cl)cc(CNCc2cncs2)c1O. The van der Waals surface area contributed by atoms with Gasteiger partial charge in [0.05, 0.1) is 12.6 Å². The van der Waals surface area contributed by atoms with Crippen molar-refractivity contribution in [3.05, 3.63) is 39.3 Å². The van der Waals surface area contributed by atoms with E-state index in [1.807, 2.05) is 6.20 Å². The molecule has 1 heterocycles. The average Bonchev–Trinajstić information content (AvgIpc) is 2.86. The van der Waals surface area contributed by atoms with Crippen molar-refractivity contribution >= 4 is 22.9 Å². The predicted octanol–water partition coefficient (Wildman–Crippen LogP) is 2.80. The number of nitrogens with one attached hydrogen (secondary N) is 1. The number of thiazole rings is 1. The van der Waals surface area contributed by atoms with Crippen LogP contribution in [0.15, 0.2) is 23.8 Å². The number of aromatic nitrogens is 1. The molecule has 2 N–H and O–H groups in total. The number of aromatic hydroxyl groups is 1. The van der Waals surface area contributed by atoms with E-state index in [1.54, 1.807) is 29.0 Å². The number of hydrogen-bond acceptors (Lipinski definition) is 5. The number of hydrogen-bond donors (Lipinski definition) is 2. The summed E-state index contributed by atoms with van der Waals surface area (Å²) in [6, 6.07) is 3.31. The highest BCUT2D eigenvalue weighted by Crippen LogP contribution is 2.33. The second kappa shape index (κ2) is 6.04. The quantitative estimate of drug-likeness (QED) is 0.886. The standard InChI is InChI=1S/C12H13ClN2O2S/c1-17-11-3-9(13)2-8(12(11)16)4-14-5-10-6-15-7-18-10/h2-3,6-7,14,16H,4-5H2,1H3. The Balaban J connectivity index is 2.02. The molecule has 2 aromatic rings. The van der Waals surface area contributed by atoms with E-state index in [-0.39, 0.29) is 5.75 Å². The molecule has 0 aliphatic rings. The summed E-state index contributed by atoms with van der Waals surface area (Å²) in [4.78, 5) is 5.14. The maximum Gasteiger partial charge on any atom is 0.162 e. The molecule has 1 aromatic carbocycles. The summed E-state index contributed by atoms with van der Waals surface area (Å²) in [6.07, 6.45) is 1.82. The van der Waals surface area contributed by atoms with E-state index in [1.165, 1.54) is 7.11 Å². The number of halogens is 1. The second-order valence-electron chi connectivity index (χ2n) is 3.69. The smallest absolute Gasteiger partial charge is 0.162 e. The molecule has 18 heavy (non-hydrogen) atoms. The van der Waals surface area contributed by atoms with Crippen LogP contribution in [0.1, 0.15) is 10.4 Å². The minimum absolute atomic E-state index is 0.124. The molecule has 0 amide bonds. The van der Waals surface area contributed by atoms with Crippen LogP contribution < -0.4 is 10.1 Å². The topological polar surface area (TPSA) is 54.4 Å². The van der Waals surface area contributed by atoms with Crippen molar-refractivity contribution in [2.45, 2.75) is 13.1 Å². The van der Waals surface area contributed by atoms with Crippen LogP contribution in [0.5, 0.6) is 11.5 Å². The van der Waals surface area contributed by atoms with Gasteiger partial charge in [0.2, 0.25) is 0 Å². The maximum absolute atomic E-state index is 9.94. The van der Waals surface area contributed by atoms with Gasteiger partial charge in [0.15, 0.2) is 11.5 Å². The van der Waals surface area contributed by atoms with E-state index in [0.717, 1.165) is 4.88 Å². The molecule has 0 saturated carbocycles. The fraction of sp³-hybridized carbons (Fsp3) is 0.250. The Kier molecular flexibility index (Phi) is 4.41. The Hall–Kier alpha value is -1.30. The molecule has 0 bridgehead atoms. The van der Waals surface area contributed by atoms with Crippen molar-refractivity contribution in [1.29, 1.82) is 0 Å². The van der Waals surface area contributed by atoms with Gasteiger partial charge in [0, 0.05) is 40.8 Å². The van der Waals surface area contributed by atoms with E-state index in [2.05, 4.69) is 10.3 Å². The summed E-state index contributed by atoms with van der Waals surface area (Å²) in [6.45, 7) is 1.22. The van der Waals surface area contributed by atoms with Crippen LogP contribution in [0, 0.1) is 0 Å². The molecular weight excluding hydrogens is 272 g/mol. The van der Waals surface area contributed by atoms with Crippen LogP contribution in [0.3, 0.4) is 0 Å². The highest BCUT2D eigenvalue weighted by Gasteiger charge is 2.09. The summed E-state index contributed by atoms with van der Waals surface area (Å²) >= 11 is 7.54. The van der Waals surface area contributed by atoms with Gasteiger partial charge in [-0.3, -0.25) is 4.98 Å². The van der Waals surface area contributed by atoms with E-state index < -0.39 is 0 Å². The molecular formula is C12H13ClN2O2S. The third-order valence-corrected chi connectivity index (χ3v) is 3.43. The van der Waals surface area contributed by atoms with Gasteiger partial charge in [-0.05, 0) is 6.07 Å². The molecule has 0 aliphatic heterocycles. The molecule has 6 heteroatoms. The summed E-state index contributed by atoms with van der Waals surface area (Å²) in [5.74, 6) is 0.510. The molecule has 0 spiro atoms. The Morgan fingerprint density at radius 2 is 2.28 bits per heavy atom. The molecule has 2 rings (SSSR count). The fourth-order valence-electron chi connectivity index (χ4n) is 1.57. The van der Waals surface area contributed by atoms with Crippen LogP contribution >= 0.6 is 22.9 Å². The van der Waals surface area contributed by atoms with E-state index in [0.29, 0.717) is 29.4 Å². The zero-order valence-corrected chi connectivity index (χ0v) is 11.4. The molecule has 4 nitrogen and oxygen atoms in total. The molecule has 0 fully saturated rings. The van der Waals surface area contributed by atoms with Gasteiger partial charge in [-0.15, -0.1) is 11.3 Å². The van der Waals surface area contributed by atoms with Gasteiger partial charge in [-0.25, -0.2) is 0 Å². The maximum atomic E-state index is 9.94. The van der Waals surface area contributed by atoms with Crippen molar-refractivity contribution in [2.24, 2.45) is 0 Å². The van der Waals surface area contributed by atoms with Crippen LogP contribution in [0.2, 0.25) is 5.02 Å². The summed E-state index contributed by atoms with van der Waals surface area (Å²) in [5, 5.41) is 13.7. The lowest BCUT2D eigenvalue weighted by Crippen LogP contribution is -2.12. The number of ether oxygens (including phenoxy) is 1. The molecule has 96 valence electrons. The lowest BCUT2D eigenvalue weighted by molar-refractivity contribution is 0.369. The zero-order valence-electron chi connectivity index (χ0n) is 9.81. The normalized spacial score (nSPS) is 10.6. The van der Waals surface area contributed by atoms with Crippen LogP contribution in [-0.2, 0) is 13.1 Å². The number of nitrogens with zero attached hydrogens (tertiary/aromatic N) is 1. The monoisotopic (exact) mass is 284 g/mol. The Morgan fingerprint density at radius 3 is 2.94 bits per heavy atom. The largest absolute Gasteiger partial charge is 0.504 e. The van der Waals surface area contributed by atoms with Gasteiger partial charge in [-0.2, -0.15) is 0 Å². The first kappa shape index (κ1) is 13.1. The average molecular weight is 285 g/mol. The first-order valence-electron chi connectivity index (χ1n) is 5.34. The van der Waals surface area contributed by atoms with Gasteiger partial charge >= 0.3 is 0 Å². The molecule has 0 unspecified atom stereocenters. The lowest BCUT2D eigenvalue weighted by atomic mass is 10.2. The van der Waals surface area contributed by atoms with Gasteiger partial charge in [-0.1, -0.05) is 11.6 Å². The highest BCUT2D eigenvalue weighted by atomic mass is 35.5. The van der Waals surface area contributed by atoms with Crippen molar-refractivity contribution in [1.82, 2.24) is 10.3 Å². The highest BCUT2D eigenvalue weighted by molar-refractivity contribution is 7.09. The van der Waals surface area contributed by atoms with E-state index >= 15 is 0 Å². The van der Waals surface area contributed by atoms with Crippen molar-refractivity contribution in [2.75, 3.05) is 7.11 Å². The van der Waals surface area contributed by atoms with Crippen LogP contribution in [0.4, 0.5) is 0 Å². The predicted molar refractivity (Wildman–Crippen MR) is 72.3 cm³/mol. The van der Waals surface area contributed by atoms with Crippen molar-refractivity contribution in [3.63, 3.8) is 0 Å².